The van der Waals surface area contributed by atoms with E-state index >= 15 is 0 Å². The zero-order valence-corrected chi connectivity index (χ0v) is 17.8. The number of piperazine rings is 1. The van der Waals surface area contributed by atoms with Crippen molar-refractivity contribution in [1.29, 1.82) is 0 Å². The lowest BCUT2D eigenvalue weighted by molar-refractivity contribution is -0.137. The first-order chi connectivity index (χ1) is 15.8. The number of carbonyl (C=O) groups is 1. The van der Waals surface area contributed by atoms with Crippen LogP contribution in [0, 0.1) is 0 Å². The summed E-state index contributed by atoms with van der Waals surface area (Å²) in [6.07, 6.45) is -4.46. The molecule has 0 radical (unpaired) electrons. The van der Waals surface area contributed by atoms with Crippen LogP contribution in [0.25, 0.3) is 11.5 Å². The Balaban J connectivity index is 1.28. The minimum Gasteiger partial charge on any atom is -0.497 e. The summed E-state index contributed by atoms with van der Waals surface area (Å²) in [5.41, 5.74) is 0.0833. The van der Waals surface area contributed by atoms with Crippen LogP contribution in [-0.4, -0.2) is 59.3 Å². The van der Waals surface area contributed by atoms with Crippen LogP contribution >= 0.6 is 0 Å². The number of hydrogen-bond acceptors (Lipinski definition) is 6. The van der Waals surface area contributed by atoms with Crippen molar-refractivity contribution in [2.24, 2.45) is 0 Å². The molecule has 0 unspecified atom stereocenters. The van der Waals surface area contributed by atoms with Crippen LogP contribution in [0.1, 0.15) is 11.4 Å². The minimum absolute atomic E-state index is 0.107. The molecule has 2 aromatic carbocycles. The fourth-order valence-corrected chi connectivity index (χ4v) is 3.45. The highest BCUT2D eigenvalue weighted by atomic mass is 19.4. The fraction of sp³-hybridized carbons (Fsp3) is 0.318. The molecule has 0 atom stereocenters. The molecule has 0 spiro atoms. The highest BCUT2D eigenvalue weighted by molar-refractivity contribution is 5.89. The number of anilines is 1. The number of aromatic nitrogens is 2. The van der Waals surface area contributed by atoms with Gasteiger partial charge in [-0.25, -0.2) is 4.79 Å². The lowest BCUT2D eigenvalue weighted by Gasteiger charge is -2.34. The number of hydrogen-bond donors (Lipinski definition) is 1. The van der Waals surface area contributed by atoms with Gasteiger partial charge in [0, 0.05) is 37.4 Å². The first-order valence-electron chi connectivity index (χ1n) is 10.2. The van der Waals surface area contributed by atoms with Gasteiger partial charge in [-0.1, -0.05) is 11.2 Å². The van der Waals surface area contributed by atoms with Gasteiger partial charge >= 0.3 is 12.2 Å². The van der Waals surface area contributed by atoms with E-state index in [9.17, 15) is 18.0 Å². The maximum atomic E-state index is 12.9. The molecule has 1 saturated heterocycles. The molecule has 1 aliphatic rings. The van der Waals surface area contributed by atoms with Crippen molar-refractivity contribution in [2.75, 3.05) is 38.6 Å². The van der Waals surface area contributed by atoms with Crippen molar-refractivity contribution in [3.05, 3.63) is 59.9 Å². The molecule has 1 aromatic heterocycles. The summed E-state index contributed by atoms with van der Waals surface area (Å²) in [7, 11) is 1.59. The van der Waals surface area contributed by atoms with E-state index in [-0.39, 0.29) is 5.69 Å². The summed E-state index contributed by atoms with van der Waals surface area (Å²) < 4.78 is 49.1. The van der Waals surface area contributed by atoms with Gasteiger partial charge in [-0.3, -0.25) is 4.90 Å². The van der Waals surface area contributed by atoms with E-state index in [1.165, 1.54) is 12.1 Å². The minimum atomic E-state index is -4.46. The van der Waals surface area contributed by atoms with E-state index in [2.05, 4.69) is 20.4 Å². The zero-order valence-electron chi connectivity index (χ0n) is 17.8. The lowest BCUT2D eigenvalue weighted by Crippen LogP contribution is -2.49. The molecule has 11 heteroatoms. The molecule has 3 aromatic rings. The Kier molecular flexibility index (Phi) is 6.50. The van der Waals surface area contributed by atoms with Crippen LogP contribution in [0.15, 0.2) is 53.1 Å². The summed E-state index contributed by atoms with van der Waals surface area (Å²) in [4.78, 5) is 20.5. The quantitative estimate of drug-likeness (QED) is 0.616. The Hall–Kier alpha value is -3.60. The first-order valence-corrected chi connectivity index (χ1v) is 10.2. The average molecular weight is 461 g/mol. The summed E-state index contributed by atoms with van der Waals surface area (Å²) in [6, 6.07) is 11.4. The second-order valence-corrected chi connectivity index (χ2v) is 7.52. The van der Waals surface area contributed by atoms with Crippen molar-refractivity contribution >= 4 is 11.7 Å². The van der Waals surface area contributed by atoms with Gasteiger partial charge in [0.2, 0.25) is 0 Å². The molecule has 174 valence electrons. The average Bonchev–Trinajstić information content (AvgIpc) is 3.27. The second kappa shape index (κ2) is 9.49. The van der Waals surface area contributed by atoms with Crippen LogP contribution in [0.5, 0.6) is 5.75 Å². The molecule has 4 rings (SSSR count). The SMILES string of the molecule is COc1ccc(-c2nc(CN3CCN(C(=O)Nc4cccc(C(F)(F)F)c4)CC3)no2)cc1. The molecule has 0 aliphatic carbocycles. The van der Waals surface area contributed by atoms with Gasteiger partial charge in [0.05, 0.1) is 19.2 Å². The van der Waals surface area contributed by atoms with Crippen molar-refractivity contribution in [3.63, 3.8) is 0 Å². The standard InChI is InChI=1S/C22H22F3N5O3/c1-32-18-7-5-15(6-8-18)20-27-19(28-33-20)14-29-9-11-30(12-10-29)21(31)26-17-4-2-3-16(13-17)22(23,24)25/h2-8,13H,9-12,14H2,1H3,(H,26,31). The van der Waals surface area contributed by atoms with Gasteiger partial charge in [0.25, 0.3) is 5.89 Å². The van der Waals surface area contributed by atoms with Crippen LogP contribution < -0.4 is 10.1 Å². The molecule has 0 bridgehead atoms. The monoisotopic (exact) mass is 461 g/mol. The number of benzene rings is 2. The molecular formula is C22H22F3N5O3. The summed E-state index contributed by atoms with van der Waals surface area (Å²) in [6.45, 7) is 2.45. The number of ether oxygens (including phenoxy) is 1. The topological polar surface area (TPSA) is 83.7 Å². The van der Waals surface area contributed by atoms with Crippen LogP contribution in [0.2, 0.25) is 0 Å². The Morgan fingerprint density at radius 2 is 1.85 bits per heavy atom. The number of nitrogens with zero attached hydrogens (tertiary/aromatic N) is 4. The largest absolute Gasteiger partial charge is 0.497 e. The second-order valence-electron chi connectivity index (χ2n) is 7.52. The molecule has 2 heterocycles. The van der Waals surface area contributed by atoms with E-state index < -0.39 is 17.8 Å². The Labute approximate surface area is 187 Å². The highest BCUT2D eigenvalue weighted by Gasteiger charge is 2.31. The number of methoxy groups -OCH3 is 1. The van der Waals surface area contributed by atoms with Gasteiger partial charge in [0.15, 0.2) is 5.82 Å². The van der Waals surface area contributed by atoms with Crippen molar-refractivity contribution in [3.8, 4) is 17.2 Å². The molecular weight excluding hydrogens is 439 g/mol. The zero-order chi connectivity index (χ0) is 23.4. The lowest BCUT2D eigenvalue weighted by atomic mass is 10.2. The number of rotatable bonds is 5. The van der Waals surface area contributed by atoms with Gasteiger partial charge in [-0.05, 0) is 42.5 Å². The maximum absolute atomic E-state index is 12.9. The smallest absolute Gasteiger partial charge is 0.416 e. The van der Waals surface area contributed by atoms with Crippen molar-refractivity contribution in [2.45, 2.75) is 12.7 Å². The van der Waals surface area contributed by atoms with Crippen LogP contribution in [0.3, 0.4) is 0 Å². The molecule has 8 nitrogen and oxygen atoms in total. The third-order valence-corrected chi connectivity index (χ3v) is 5.27. The third-order valence-electron chi connectivity index (χ3n) is 5.27. The van der Waals surface area contributed by atoms with Crippen molar-refractivity contribution in [1.82, 2.24) is 19.9 Å². The third kappa shape index (κ3) is 5.61. The molecule has 33 heavy (non-hydrogen) atoms. The van der Waals surface area contributed by atoms with E-state index in [0.29, 0.717) is 44.4 Å². The highest BCUT2D eigenvalue weighted by Crippen LogP contribution is 2.30. The normalized spacial score (nSPS) is 14.8. The predicted octanol–water partition coefficient (Wildman–Crippen LogP) is 4.11. The number of urea groups is 1. The number of halogens is 3. The maximum Gasteiger partial charge on any atom is 0.416 e. The van der Waals surface area contributed by atoms with E-state index in [1.54, 1.807) is 12.0 Å². The molecule has 1 aliphatic heterocycles. The van der Waals surface area contributed by atoms with E-state index in [4.69, 9.17) is 9.26 Å². The summed E-state index contributed by atoms with van der Waals surface area (Å²) in [5.74, 6) is 1.67. The van der Waals surface area contributed by atoms with E-state index in [1.807, 2.05) is 24.3 Å². The number of carbonyl (C=O) groups excluding carboxylic acids is 1. The predicted molar refractivity (Wildman–Crippen MR) is 114 cm³/mol. The molecule has 1 fully saturated rings. The van der Waals surface area contributed by atoms with Crippen LogP contribution in [-0.2, 0) is 12.7 Å². The van der Waals surface area contributed by atoms with Gasteiger partial charge < -0.3 is 19.5 Å². The number of alkyl halides is 3. The summed E-state index contributed by atoms with van der Waals surface area (Å²) >= 11 is 0. The number of nitrogens with one attached hydrogen (secondary N) is 1. The van der Waals surface area contributed by atoms with E-state index in [0.717, 1.165) is 23.4 Å². The molecule has 2 amide bonds. The van der Waals surface area contributed by atoms with Gasteiger partial charge in [0.1, 0.15) is 5.75 Å². The van der Waals surface area contributed by atoms with Crippen molar-refractivity contribution < 1.29 is 27.2 Å². The number of amides is 2. The molecule has 1 N–H and O–H groups in total. The summed E-state index contributed by atoms with van der Waals surface area (Å²) in [5, 5.41) is 6.56. The Morgan fingerprint density at radius 3 is 2.52 bits per heavy atom. The van der Waals surface area contributed by atoms with Gasteiger partial charge in [-0.15, -0.1) is 0 Å². The first kappa shape index (κ1) is 22.6. The fourth-order valence-electron chi connectivity index (χ4n) is 3.45. The molecule has 0 saturated carbocycles. The van der Waals surface area contributed by atoms with Crippen LogP contribution in [0.4, 0.5) is 23.7 Å². The Morgan fingerprint density at radius 1 is 1.12 bits per heavy atom. The Bertz CT molecular complexity index is 1090. The van der Waals surface area contributed by atoms with Gasteiger partial charge in [-0.2, -0.15) is 18.2 Å².